The number of aromatic nitrogens is 2. The minimum atomic E-state index is -0.426. The average Bonchev–Trinajstić information content (AvgIpc) is 3.76. The number of benzene rings is 2. The standard InChI is InChI=1S/C31H37N5O2/c1-31(2,32)24-14-12-22(13-15-24)29-26(21-6-4-3-5-7-21)19-27(35-36-29)34-28(37)18-20-8-16-25(17-9-20)33-30(38)23-10-11-23/h3-7,12-15,19-20,23,25H,8-11,16-18,32H2,1-2H3,(H,33,38)(H,34,35,37)/t20-,25-. The molecule has 0 spiro atoms. The quantitative estimate of drug-likeness (QED) is 0.374. The van der Waals surface area contributed by atoms with Crippen LogP contribution in [0.1, 0.15) is 64.4 Å². The number of nitrogens with one attached hydrogen (secondary N) is 2. The molecule has 1 aromatic heterocycles. The van der Waals surface area contributed by atoms with Gasteiger partial charge >= 0.3 is 0 Å². The van der Waals surface area contributed by atoms with Crippen molar-refractivity contribution in [3.05, 3.63) is 66.2 Å². The Morgan fingerprint density at radius 1 is 0.895 bits per heavy atom. The third-order valence-corrected chi connectivity index (χ3v) is 7.66. The summed E-state index contributed by atoms with van der Waals surface area (Å²) in [6, 6.07) is 20.2. The topological polar surface area (TPSA) is 110 Å². The van der Waals surface area contributed by atoms with Gasteiger partial charge in [0.15, 0.2) is 5.82 Å². The number of nitrogens with zero attached hydrogens (tertiary/aromatic N) is 2. The zero-order valence-electron chi connectivity index (χ0n) is 22.2. The van der Waals surface area contributed by atoms with Gasteiger partial charge in [0.1, 0.15) is 5.69 Å². The molecule has 1 heterocycles. The smallest absolute Gasteiger partial charge is 0.225 e. The molecule has 2 aromatic carbocycles. The van der Waals surface area contributed by atoms with Crippen molar-refractivity contribution in [3.63, 3.8) is 0 Å². The van der Waals surface area contributed by atoms with Gasteiger partial charge in [-0.05, 0) is 75.5 Å². The van der Waals surface area contributed by atoms with Crippen LogP contribution in [0.2, 0.25) is 0 Å². The van der Waals surface area contributed by atoms with Crippen molar-refractivity contribution in [2.45, 2.75) is 70.4 Å². The fraction of sp³-hybridized carbons (Fsp3) is 0.419. The zero-order chi connectivity index (χ0) is 26.7. The Morgan fingerprint density at radius 3 is 2.21 bits per heavy atom. The zero-order valence-corrected chi connectivity index (χ0v) is 22.2. The highest BCUT2D eigenvalue weighted by atomic mass is 16.2. The predicted molar refractivity (Wildman–Crippen MR) is 150 cm³/mol. The van der Waals surface area contributed by atoms with E-state index in [0.717, 1.165) is 66.5 Å². The summed E-state index contributed by atoms with van der Waals surface area (Å²) in [4.78, 5) is 25.0. The Balaban J connectivity index is 1.26. The summed E-state index contributed by atoms with van der Waals surface area (Å²) in [7, 11) is 0. The highest BCUT2D eigenvalue weighted by Crippen LogP contribution is 2.34. The van der Waals surface area contributed by atoms with Crippen molar-refractivity contribution in [1.82, 2.24) is 15.5 Å². The molecule has 3 aromatic rings. The summed E-state index contributed by atoms with van der Waals surface area (Å²) in [5, 5.41) is 15.1. The van der Waals surface area contributed by atoms with Crippen molar-refractivity contribution < 1.29 is 9.59 Å². The van der Waals surface area contributed by atoms with Crippen LogP contribution < -0.4 is 16.4 Å². The van der Waals surface area contributed by atoms with Gasteiger partial charge in [0.05, 0.1) is 0 Å². The van der Waals surface area contributed by atoms with E-state index in [4.69, 9.17) is 5.73 Å². The Bertz CT molecular complexity index is 1270. The van der Waals surface area contributed by atoms with Gasteiger partial charge in [-0.25, -0.2) is 0 Å². The molecule has 7 heteroatoms. The number of amides is 2. The summed E-state index contributed by atoms with van der Waals surface area (Å²) in [6.07, 6.45) is 6.25. The van der Waals surface area contributed by atoms with Gasteiger partial charge < -0.3 is 16.4 Å². The number of carbonyl (C=O) groups is 2. The summed E-state index contributed by atoms with van der Waals surface area (Å²) < 4.78 is 0. The number of hydrogen-bond donors (Lipinski definition) is 3. The van der Waals surface area contributed by atoms with E-state index < -0.39 is 5.54 Å². The van der Waals surface area contributed by atoms with Crippen LogP contribution >= 0.6 is 0 Å². The number of nitrogens with two attached hydrogens (primary N) is 1. The number of rotatable bonds is 8. The van der Waals surface area contributed by atoms with Gasteiger partial charge in [-0.15, -0.1) is 10.2 Å². The maximum absolute atomic E-state index is 12.9. The second-order valence-electron chi connectivity index (χ2n) is 11.4. The molecule has 0 radical (unpaired) electrons. The average molecular weight is 512 g/mol. The fourth-order valence-electron chi connectivity index (χ4n) is 5.19. The van der Waals surface area contributed by atoms with E-state index in [0.29, 0.717) is 18.2 Å². The molecule has 2 fully saturated rings. The van der Waals surface area contributed by atoms with Gasteiger partial charge in [-0.2, -0.15) is 0 Å². The lowest BCUT2D eigenvalue weighted by Crippen LogP contribution is -2.38. The summed E-state index contributed by atoms with van der Waals surface area (Å²) in [6.45, 7) is 3.96. The Kier molecular flexibility index (Phi) is 7.56. The molecule has 5 rings (SSSR count). The van der Waals surface area contributed by atoms with Gasteiger partial charge in [-0.1, -0.05) is 54.6 Å². The SMILES string of the molecule is CC(C)(N)c1ccc(-c2nnc(NC(=O)C[C@H]3CC[C@H](NC(=O)C4CC4)CC3)cc2-c2ccccc2)cc1. The molecule has 0 saturated heterocycles. The van der Waals surface area contributed by atoms with Crippen LogP contribution in [0.3, 0.4) is 0 Å². The van der Waals surface area contributed by atoms with Crippen molar-refractivity contribution in [2.24, 2.45) is 17.6 Å². The lowest BCUT2D eigenvalue weighted by molar-refractivity contribution is -0.123. The molecule has 0 bridgehead atoms. The molecule has 2 amide bonds. The van der Waals surface area contributed by atoms with Crippen molar-refractivity contribution in [1.29, 1.82) is 0 Å². The van der Waals surface area contributed by atoms with E-state index in [1.54, 1.807) is 0 Å². The third-order valence-electron chi connectivity index (χ3n) is 7.66. The van der Waals surface area contributed by atoms with Crippen LogP contribution in [0.5, 0.6) is 0 Å². The Labute approximate surface area is 224 Å². The molecule has 7 nitrogen and oxygen atoms in total. The van der Waals surface area contributed by atoms with Crippen LogP contribution in [0.25, 0.3) is 22.4 Å². The molecule has 4 N–H and O–H groups in total. The molecule has 0 unspecified atom stereocenters. The van der Waals surface area contributed by atoms with Crippen LogP contribution in [0, 0.1) is 11.8 Å². The van der Waals surface area contributed by atoms with Crippen LogP contribution in [0.4, 0.5) is 5.82 Å². The molecule has 0 aliphatic heterocycles. The van der Waals surface area contributed by atoms with Crippen molar-refractivity contribution in [2.75, 3.05) is 5.32 Å². The molecular formula is C31H37N5O2. The van der Waals surface area contributed by atoms with E-state index in [1.165, 1.54) is 0 Å². The van der Waals surface area contributed by atoms with E-state index in [1.807, 2.05) is 74.5 Å². The molecular weight excluding hydrogens is 474 g/mol. The van der Waals surface area contributed by atoms with E-state index >= 15 is 0 Å². The van der Waals surface area contributed by atoms with E-state index in [-0.39, 0.29) is 23.8 Å². The van der Waals surface area contributed by atoms with Gasteiger partial charge in [0.25, 0.3) is 0 Å². The van der Waals surface area contributed by atoms with Gasteiger partial charge in [0, 0.05) is 35.0 Å². The second-order valence-corrected chi connectivity index (χ2v) is 11.4. The maximum atomic E-state index is 12.9. The highest BCUT2D eigenvalue weighted by molar-refractivity contribution is 5.91. The van der Waals surface area contributed by atoms with Gasteiger partial charge in [-0.3, -0.25) is 9.59 Å². The number of hydrogen-bond acceptors (Lipinski definition) is 5. The molecule has 2 aliphatic carbocycles. The summed E-state index contributed by atoms with van der Waals surface area (Å²) in [5.41, 5.74) is 10.5. The van der Waals surface area contributed by atoms with Crippen LogP contribution in [-0.2, 0) is 15.1 Å². The Hall–Kier alpha value is -3.58. The molecule has 38 heavy (non-hydrogen) atoms. The predicted octanol–water partition coefficient (Wildman–Crippen LogP) is 5.42. The first-order valence-corrected chi connectivity index (χ1v) is 13.7. The first kappa shape index (κ1) is 26.0. The first-order chi connectivity index (χ1) is 18.3. The molecule has 198 valence electrons. The number of anilines is 1. The minimum Gasteiger partial charge on any atom is -0.353 e. The van der Waals surface area contributed by atoms with Crippen LogP contribution in [-0.4, -0.2) is 28.1 Å². The van der Waals surface area contributed by atoms with Gasteiger partial charge in [0.2, 0.25) is 11.8 Å². The second kappa shape index (κ2) is 11.0. The van der Waals surface area contributed by atoms with E-state index in [9.17, 15) is 9.59 Å². The summed E-state index contributed by atoms with van der Waals surface area (Å²) in [5.74, 6) is 1.16. The van der Waals surface area contributed by atoms with Crippen molar-refractivity contribution in [3.8, 4) is 22.4 Å². The lowest BCUT2D eigenvalue weighted by Gasteiger charge is -2.28. The maximum Gasteiger partial charge on any atom is 0.225 e. The molecule has 0 atom stereocenters. The largest absolute Gasteiger partial charge is 0.353 e. The van der Waals surface area contributed by atoms with Crippen molar-refractivity contribution >= 4 is 17.6 Å². The summed E-state index contributed by atoms with van der Waals surface area (Å²) >= 11 is 0. The normalized spacial score (nSPS) is 19.6. The lowest BCUT2D eigenvalue weighted by atomic mass is 9.84. The fourth-order valence-corrected chi connectivity index (χ4v) is 5.19. The van der Waals surface area contributed by atoms with Crippen LogP contribution in [0.15, 0.2) is 60.7 Å². The highest BCUT2D eigenvalue weighted by Gasteiger charge is 2.32. The monoisotopic (exact) mass is 511 g/mol. The molecule has 2 saturated carbocycles. The van der Waals surface area contributed by atoms with E-state index in [2.05, 4.69) is 20.8 Å². The minimum absolute atomic E-state index is 0.0499. The number of carbonyl (C=O) groups excluding carboxylic acids is 2. The molecule has 2 aliphatic rings. The third kappa shape index (κ3) is 6.45. The first-order valence-electron chi connectivity index (χ1n) is 13.7. The Morgan fingerprint density at radius 2 is 1.58 bits per heavy atom.